The summed E-state index contributed by atoms with van der Waals surface area (Å²) in [5.41, 5.74) is 0.564. The Morgan fingerprint density at radius 3 is 2.62 bits per heavy atom. The lowest BCUT2D eigenvalue weighted by Crippen LogP contribution is -2.11. The zero-order chi connectivity index (χ0) is 11.7. The molecule has 2 atom stereocenters. The minimum Gasteiger partial charge on any atom is -0.426 e. The molecule has 0 aromatic heterocycles. The molecule has 1 fully saturated rings. The van der Waals surface area contributed by atoms with Crippen LogP contribution in [0.2, 0.25) is 0 Å². The molecule has 1 aromatic carbocycles. The standard InChI is InChI=1S/C13H14O3/c1-8-6-12(8)13(15)16-11-5-3-4-10(7-11)9(2)14/h3-5,7-8,12H,6H2,1-2H3. The molecule has 0 saturated heterocycles. The number of ketones is 1. The fraction of sp³-hybridized carbons (Fsp3) is 0.385. The first-order valence-electron chi connectivity index (χ1n) is 5.40. The fourth-order valence-corrected chi connectivity index (χ4v) is 1.62. The summed E-state index contributed by atoms with van der Waals surface area (Å²) in [6, 6.07) is 6.72. The number of esters is 1. The number of carbonyl (C=O) groups excluding carboxylic acids is 2. The molecule has 1 aliphatic carbocycles. The summed E-state index contributed by atoms with van der Waals surface area (Å²) in [4.78, 5) is 22.7. The van der Waals surface area contributed by atoms with E-state index in [0.29, 0.717) is 17.2 Å². The van der Waals surface area contributed by atoms with Gasteiger partial charge >= 0.3 is 5.97 Å². The summed E-state index contributed by atoms with van der Waals surface area (Å²) in [7, 11) is 0. The average molecular weight is 218 g/mol. The van der Waals surface area contributed by atoms with Crippen LogP contribution < -0.4 is 4.74 Å². The quantitative estimate of drug-likeness (QED) is 0.444. The van der Waals surface area contributed by atoms with Gasteiger partial charge in [-0.2, -0.15) is 0 Å². The minimum absolute atomic E-state index is 0.0299. The van der Waals surface area contributed by atoms with Gasteiger partial charge < -0.3 is 4.74 Å². The molecular formula is C13H14O3. The van der Waals surface area contributed by atoms with E-state index in [4.69, 9.17) is 4.74 Å². The molecule has 0 spiro atoms. The molecule has 0 amide bonds. The van der Waals surface area contributed by atoms with E-state index in [1.807, 2.05) is 6.92 Å². The molecule has 2 rings (SSSR count). The van der Waals surface area contributed by atoms with Gasteiger partial charge in [-0.1, -0.05) is 19.1 Å². The van der Waals surface area contributed by atoms with Crippen molar-refractivity contribution < 1.29 is 14.3 Å². The van der Waals surface area contributed by atoms with Gasteiger partial charge in [-0.25, -0.2) is 0 Å². The SMILES string of the molecule is CC(=O)c1cccc(OC(=O)C2CC2C)c1. The molecule has 84 valence electrons. The van der Waals surface area contributed by atoms with Crippen molar-refractivity contribution in [1.82, 2.24) is 0 Å². The lowest BCUT2D eigenvalue weighted by atomic mass is 10.1. The molecule has 0 aliphatic heterocycles. The summed E-state index contributed by atoms with van der Waals surface area (Å²) in [6.45, 7) is 3.52. The lowest BCUT2D eigenvalue weighted by Gasteiger charge is -2.04. The van der Waals surface area contributed by atoms with E-state index in [9.17, 15) is 9.59 Å². The molecule has 1 saturated carbocycles. The van der Waals surface area contributed by atoms with Crippen molar-refractivity contribution in [2.75, 3.05) is 0 Å². The van der Waals surface area contributed by atoms with E-state index in [0.717, 1.165) is 6.42 Å². The predicted molar refractivity (Wildman–Crippen MR) is 59.4 cm³/mol. The van der Waals surface area contributed by atoms with E-state index < -0.39 is 0 Å². The summed E-state index contributed by atoms with van der Waals surface area (Å²) in [6.07, 6.45) is 0.908. The number of benzene rings is 1. The van der Waals surface area contributed by atoms with E-state index in [-0.39, 0.29) is 17.7 Å². The summed E-state index contributed by atoms with van der Waals surface area (Å²) >= 11 is 0. The summed E-state index contributed by atoms with van der Waals surface area (Å²) < 4.78 is 5.21. The Hall–Kier alpha value is -1.64. The zero-order valence-corrected chi connectivity index (χ0v) is 9.40. The smallest absolute Gasteiger partial charge is 0.314 e. The van der Waals surface area contributed by atoms with Crippen LogP contribution in [0.3, 0.4) is 0 Å². The highest BCUT2D eigenvalue weighted by Gasteiger charge is 2.40. The van der Waals surface area contributed by atoms with Gasteiger partial charge in [0.25, 0.3) is 0 Å². The predicted octanol–water partition coefficient (Wildman–Crippen LogP) is 2.45. The number of Topliss-reactive ketones (excluding diaryl/α,β-unsaturated/α-hetero) is 1. The number of hydrogen-bond donors (Lipinski definition) is 0. The summed E-state index contributed by atoms with van der Waals surface area (Å²) in [5.74, 6) is 0.715. The van der Waals surface area contributed by atoms with Gasteiger partial charge in [0.15, 0.2) is 5.78 Å². The lowest BCUT2D eigenvalue weighted by molar-refractivity contribution is -0.136. The molecule has 3 nitrogen and oxygen atoms in total. The van der Waals surface area contributed by atoms with Crippen LogP contribution in [0.5, 0.6) is 5.75 Å². The van der Waals surface area contributed by atoms with Crippen molar-refractivity contribution in [3.63, 3.8) is 0 Å². The second-order valence-corrected chi connectivity index (χ2v) is 4.32. The number of carbonyl (C=O) groups is 2. The van der Waals surface area contributed by atoms with Gasteiger partial charge in [-0.15, -0.1) is 0 Å². The number of ether oxygens (including phenoxy) is 1. The highest BCUT2D eigenvalue weighted by atomic mass is 16.5. The molecule has 3 heteroatoms. The second kappa shape index (κ2) is 4.08. The topological polar surface area (TPSA) is 43.4 Å². The Morgan fingerprint density at radius 2 is 2.06 bits per heavy atom. The third kappa shape index (κ3) is 2.30. The van der Waals surface area contributed by atoms with Crippen molar-refractivity contribution >= 4 is 11.8 Å². The van der Waals surface area contributed by atoms with Gasteiger partial charge in [-0.05, 0) is 31.4 Å². The maximum absolute atomic E-state index is 11.6. The third-order valence-electron chi connectivity index (χ3n) is 2.87. The van der Waals surface area contributed by atoms with Crippen molar-refractivity contribution in [1.29, 1.82) is 0 Å². The van der Waals surface area contributed by atoms with Gasteiger partial charge in [0.2, 0.25) is 0 Å². The van der Waals surface area contributed by atoms with Gasteiger partial charge in [0.05, 0.1) is 5.92 Å². The van der Waals surface area contributed by atoms with Crippen molar-refractivity contribution in [2.45, 2.75) is 20.3 Å². The maximum atomic E-state index is 11.6. The Balaban J connectivity index is 2.06. The van der Waals surface area contributed by atoms with Crippen LogP contribution in [0.4, 0.5) is 0 Å². The molecule has 0 heterocycles. The Kier molecular flexibility index (Phi) is 2.77. The molecular weight excluding hydrogens is 204 g/mol. The van der Waals surface area contributed by atoms with E-state index in [1.54, 1.807) is 24.3 Å². The summed E-state index contributed by atoms with van der Waals surface area (Å²) in [5, 5.41) is 0. The highest BCUT2D eigenvalue weighted by molar-refractivity contribution is 5.94. The van der Waals surface area contributed by atoms with Gasteiger partial charge in [-0.3, -0.25) is 9.59 Å². The molecule has 16 heavy (non-hydrogen) atoms. The van der Waals surface area contributed by atoms with Crippen molar-refractivity contribution in [3.05, 3.63) is 29.8 Å². The minimum atomic E-state index is -0.187. The van der Waals surface area contributed by atoms with E-state index in [2.05, 4.69) is 0 Å². The first kappa shape index (κ1) is 10.9. The maximum Gasteiger partial charge on any atom is 0.314 e. The van der Waals surface area contributed by atoms with Gasteiger partial charge in [0, 0.05) is 5.56 Å². The zero-order valence-electron chi connectivity index (χ0n) is 9.40. The largest absolute Gasteiger partial charge is 0.426 e. The molecule has 1 aliphatic rings. The van der Waals surface area contributed by atoms with Crippen LogP contribution in [0.15, 0.2) is 24.3 Å². The van der Waals surface area contributed by atoms with Crippen LogP contribution in [0.25, 0.3) is 0 Å². The average Bonchev–Trinajstić information content (AvgIpc) is 2.96. The fourth-order valence-electron chi connectivity index (χ4n) is 1.62. The van der Waals surface area contributed by atoms with Gasteiger partial charge in [0.1, 0.15) is 5.75 Å². The number of hydrogen-bond acceptors (Lipinski definition) is 3. The first-order valence-corrected chi connectivity index (χ1v) is 5.40. The molecule has 1 aromatic rings. The Bertz CT molecular complexity index is 437. The molecule has 0 N–H and O–H groups in total. The molecule has 0 radical (unpaired) electrons. The van der Waals surface area contributed by atoms with Crippen LogP contribution >= 0.6 is 0 Å². The van der Waals surface area contributed by atoms with Crippen LogP contribution in [0, 0.1) is 11.8 Å². The highest BCUT2D eigenvalue weighted by Crippen LogP contribution is 2.38. The van der Waals surface area contributed by atoms with Crippen LogP contribution in [-0.2, 0) is 4.79 Å². The monoisotopic (exact) mass is 218 g/mol. The second-order valence-electron chi connectivity index (χ2n) is 4.32. The Morgan fingerprint density at radius 1 is 1.38 bits per heavy atom. The van der Waals surface area contributed by atoms with Crippen LogP contribution in [0.1, 0.15) is 30.6 Å². The van der Waals surface area contributed by atoms with E-state index in [1.165, 1.54) is 6.92 Å². The first-order chi connectivity index (χ1) is 7.58. The van der Waals surface area contributed by atoms with Crippen molar-refractivity contribution in [2.24, 2.45) is 11.8 Å². The van der Waals surface area contributed by atoms with Crippen molar-refractivity contribution in [3.8, 4) is 5.75 Å². The molecule has 2 unspecified atom stereocenters. The normalized spacial score (nSPS) is 22.6. The molecule has 0 bridgehead atoms. The van der Waals surface area contributed by atoms with Crippen LogP contribution in [-0.4, -0.2) is 11.8 Å². The van der Waals surface area contributed by atoms with E-state index >= 15 is 0 Å². The number of rotatable bonds is 3. The Labute approximate surface area is 94.4 Å². The third-order valence-corrected chi connectivity index (χ3v) is 2.87.